The number of hydrogen-bond donors (Lipinski definition) is 0. The Labute approximate surface area is 177 Å². The highest BCUT2D eigenvalue weighted by atomic mass is 16.5. The van der Waals surface area contributed by atoms with Crippen molar-refractivity contribution in [1.29, 1.82) is 0 Å². The van der Waals surface area contributed by atoms with Crippen molar-refractivity contribution < 1.29 is 19.0 Å². The minimum absolute atomic E-state index is 0.0423. The molecule has 6 nitrogen and oxygen atoms in total. The second kappa shape index (κ2) is 9.67. The first-order valence-corrected chi connectivity index (χ1v) is 10.4. The van der Waals surface area contributed by atoms with E-state index in [1.54, 1.807) is 11.0 Å². The van der Waals surface area contributed by atoms with Crippen LogP contribution in [0.25, 0.3) is 6.08 Å². The molecule has 2 aromatic carbocycles. The standard InChI is InChI=1S/C24H28N2O4/c1-25(18-20-3-7-21(8-4-20)26-11-15-28-16-12-26)24(27)10-6-19-5-9-22-23(17-19)30-14-2-13-29-22/h3-10,17H,2,11-16,18H2,1H3/b10-6+. The summed E-state index contributed by atoms with van der Waals surface area (Å²) < 4.78 is 16.8. The van der Waals surface area contributed by atoms with Gasteiger partial charge in [0.25, 0.3) is 0 Å². The Kier molecular flexibility index (Phi) is 6.54. The molecule has 0 atom stereocenters. The molecule has 0 saturated carbocycles. The van der Waals surface area contributed by atoms with Crippen molar-refractivity contribution in [3.05, 3.63) is 59.7 Å². The topological polar surface area (TPSA) is 51.2 Å². The summed E-state index contributed by atoms with van der Waals surface area (Å²) in [5.74, 6) is 1.45. The minimum atomic E-state index is -0.0423. The average molecular weight is 408 g/mol. The number of carbonyl (C=O) groups is 1. The lowest BCUT2D eigenvalue weighted by Gasteiger charge is -2.29. The summed E-state index contributed by atoms with van der Waals surface area (Å²) in [5.41, 5.74) is 3.22. The number of amides is 1. The predicted octanol–water partition coefficient (Wildman–Crippen LogP) is 3.36. The predicted molar refractivity (Wildman–Crippen MR) is 117 cm³/mol. The van der Waals surface area contributed by atoms with Crippen LogP contribution in [-0.2, 0) is 16.1 Å². The van der Waals surface area contributed by atoms with Crippen LogP contribution in [0.5, 0.6) is 11.5 Å². The molecular weight excluding hydrogens is 380 g/mol. The van der Waals surface area contributed by atoms with E-state index in [-0.39, 0.29) is 5.91 Å². The maximum Gasteiger partial charge on any atom is 0.246 e. The van der Waals surface area contributed by atoms with Crippen LogP contribution >= 0.6 is 0 Å². The van der Waals surface area contributed by atoms with Gasteiger partial charge in [0.2, 0.25) is 5.91 Å². The number of rotatable bonds is 5. The van der Waals surface area contributed by atoms with Crippen molar-refractivity contribution in [1.82, 2.24) is 4.90 Å². The number of morpholine rings is 1. The third-order valence-electron chi connectivity index (χ3n) is 5.30. The molecule has 2 aromatic rings. The summed E-state index contributed by atoms with van der Waals surface area (Å²) in [6, 6.07) is 14.1. The molecule has 0 radical (unpaired) electrons. The van der Waals surface area contributed by atoms with Crippen LogP contribution in [0.15, 0.2) is 48.5 Å². The number of anilines is 1. The number of benzene rings is 2. The molecule has 2 heterocycles. The van der Waals surface area contributed by atoms with Crippen LogP contribution in [0.1, 0.15) is 17.5 Å². The van der Waals surface area contributed by atoms with E-state index in [9.17, 15) is 4.79 Å². The van der Waals surface area contributed by atoms with Gasteiger partial charge in [0.1, 0.15) is 0 Å². The van der Waals surface area contributed by atoms with E-state index in [0.29, 0.717) is 19.8 Å². The fourth-order valence-corrected chi connectivity index (χ4v) is 3.56. The van der Waals surface area contributed by atoms with Crippen LogP contribution in [0.3, 0.4) is 0 Å². The number of hydrogen-bond acceptors (Lipinski definition) is 5. The number of nitrogens with zero attached hydrogens (tertiary/aromatic N) is 2. The lowest BCUT2D eigenvalue weighted by atomic mass is 10.1. The quantitative estimate of drug-likeness (QED) is 0.710. The molecule has 30 heavy (non-hydrogen) atoms. The normalized spacial score (nSPS) is 16.4. The first-order valence-electron chi connectivity index (χ1n) is 10.4. The monoisotopic (exact) mass is 408 g/mol. The maximum absolute atomic E-state index is 12.5. The third-order valence-corrected chi connectivity index (χ3v) is 5.30. The van der Waals surface area contributed by atoms with Gasteiger partial charge in [-0.3, -0.25) is 4.79 Å². The summed E-state index contributed by atoms with van der Waals surface area (Å²) in [6.07, 6.45) is 4.28. The van der Waals surface area contributed by atoms with Crippen LogP contribution in [-0.4, -0.2) is 57.4 Å². The summed E-state index contributed by atoms with van der Waals surface area (Å²) in [5, 5.41) is 0. The van der Waals surface area contributed by atoms with Gasteiger partial charge in [0, 0.05) is 44.9 Å². The van der Waals surface area contributed by atoms with Gasteiger partial charge in [-0.05, 0) is 41.5 Å². The first kappa shape index (κ1) is 20.3. The molecule has 158 valence electrons. The molecule has 1 saturated heterocycles. The highest BCUT2D eigenvalue weighted by Crippen LogP contribution is 2.30. The van der Waals surface area contributed by atoms with Crippen molar-refractivity contribution >= 4 is 17.7 Å². The summed E-state index contributed by atoms with van der Waals surface area (Å²) >= 11 is 0. The summed E-state index contributed by atoms with van der Waals surface area (Å²) in [7, 11) is 1.82. The second-order valence-corrected chi connectivity index (χ2v) is 7.55. The van der Waals surface area contributed by atoms with E-state index in [4.69, 9.17) is 14.2 Å². The largest absolute Gasteiger partial charge is 0.490 e. The van der Waals surface area contributed by atoms with E-state index in [0.717, 1.165) is 55.4 Å². The molecule has 2 aliphatic rings. The van der Waals surface area contributed by atoms with Gasteiger partial charge in [0.15, 0.2) is 11.5 Å². The highest BCUT2D eigenvalue weighted by molar-refractivity contribution is 5.91. The SMILES string of the molecule is CN(Cc1ccc(N2CCOCC2)cc1)C(=O)/C=C/c1ccc2c(c1)OCCCO2. The zero-order chi connectivity index (χ0) is 20.8. The Hall–Kier alpha value is -2.99. The summed E-state index contributed by atoms with van der Waals surface area (Å²) in [6.45, 7) is 5.26. The highest BCUT2D eigenvalue weighted by Gasteiger charge is 2.12. The van der Waals surface area contributed by atoms with Crippen molar-refractivity contribution in [2.24, 2.45) is 0 Å². The minimum Gasteiger partial charge on any atom is -0.490 e. The van der Waals surface area contributed by atoms with Gasteiger partial charge < -0.3 is 24.0 Å². The molecule has 6 heteroatoms. The molecule has 1 amide bonds. The number of fused-ring (bicyclic) bond motifs is 1. The lowest BCUT2D eigenvalue weighted by Crippen LogP contribution is -2.36. The molecule has 0 spiro atoms. The molecular formula is C24H28N2O4. The second-order valence-electron chi connectivity index (χ2n) is 7.55. The Morgan fingerprint density at radius 2 is 1.73 bits per heavy atom. The number of ether oxygens (including phenoxy) is 3. The van der Waals surface area contributed by atoms with Crippen LogP contribution in [0.4, 0.5) is 5.69 Å². The fourth-order valence-electron chi connectivity index (χ4n) is 3.56. The number of likely N-dealkylation sites (N-methyl/N-ethyl adjacent to an activating group) is 1. The van der Waals surface area contributed by atoms with Crippen molar-refractivity contribution in [2.45, 2.75) is 13.0 Å². The molecule has 4 rings (SSSR count). The molecule has 1 fully saturated rings. The first-order chi connectivity index (χ1) is 14.7. The van der Waals surface area contributed by atoms with Crippen LogP contribution in [0, 0.1) is 0 Å². The van der Waals surface area contributed by atoms with Gasteiger partial charge in [-0.2, -0.15) is 0 Å². The maximum atomic E-state index is 12.5. The van der Waals surface area contributed by atoms with Crippen molar-refractivity contribution in [2.75, 3.05) is 51.5 Å². The van der Waals surface area contributed by atoms with Crippen LogP contribution in [0.2, 0.25) is 0 Å². The van der Waals surface area contributed by atoms with Crippen molar-refractivity contribution in [3.63, 3.8) is 0 Å². The molecule has 0 aliphatic carbocycles. The van der Waals surface area contributed by atoms with Gasteiger partial charge in [-0.25, -0.2) is 0 Å². The Balaban J connectivity index is 1.34. The fraction of sp³-hybridized carbons (Fsp3) is 0.375. The zero-order valence-electron chi connectivity index (χ0n) is 17.4. The molecule has 0 N–H and O–H groups in total. The summed E-state index contributed by atoms with van der Waals surface area (Å²) in [4.78, 5) is 16.6. The molecule has 2 aliphatic heterocycles. The Bertz CT molecular complexity index is 889. The zero-order valence-corrected chi connectivity index (χ0v) is 17.4. The molecule has 0 aromatic heterocycles. The van der Waals surface area contributed by atoms with E-state index in [1.165, 1.54) is 5.69 Å². The van der Waals surface area contributed by atoms with E-state index < -0.39 is 0 Å². The van der Waals surface area contributed by atoms with Crippen molar-refractivity contribution in [3.8, 4) is 11.5 Å². The lowest BCUT2D eigenvalue weighted by molar-refractivity contribution is -0.125. The van der Waals surface area contributed by atoms with Gasteiger partial charge >= 0.3 is 0 Å². The van der Waals surface area contributed by atoms with Crippen LogP contribution < -0.4 is 14.4 Å². The third kappa shape index (κ3) is 5.13. The molecule has 0 unspecified atom stereocenters. The van der Waals surface area contributed by atoms with E-state index in [2.05, 4.69) is 29.2 Å². The smallest absolute Gasteiger partial charge is 0.246 e. The van der Waals surface area contributed by atoms with Gasteiger partial charge in [-0.1, -0.05) is 18.2 Å². The van der Waals surface area contributed by atoms with E-state index in [1.807, 2.05) is 31.3 Å². The molecule has 0 bridgehead atoms. The van der Waals surface area contributed by atoms with Gasteiger partial charge in [0.05, 0.1) is 26.4 Å². The van der Waals surface area contributed by atoms with Gasteiger partial charge in [-0.15, -0.1) is 0 Å². The van der Waals surface area contributed by atoms with E-state index >= 15 is 0 Å². The number of carbonyl (C=O) groups excluding carboxylic acids is 1. The average Bonchev–Trinajstić information content (AvgIpc) is 3.03. The Morgan fingerprint density at radius 1 is 1.00 bits per heavy atom. The Morgan fingerprint density at radius 3 is 2.50 bits per heavy atom.